The van der Waals surface area contributed by atoms with Crippen molar-refractivity contribution in [3.8, 4) is 0 Å². The Labute approximate surface area is 214 Å². The normalized spacial score (nSPS) is 11.8. The largest absolute Gasteiger partial charge is 0.325 e. The summed E-state index contributed by atoms with van der Waals surface area (Å²) in [7, 11) is 0. The van der Waals surface area contributed by atoms with Gasteiger partial charge in [-0.3, -0.25) is 9.59 Å². The number of hydrogen-bond donors (Lipinski definition) is 2. The molecule has 1 atom stereocenters. The van der Waals surface area contributed by atoms with Gasteiger partial charge in [0.05, 0.1) is 5.25 Å². The minimum Gasteiger partial charge on any atom is -0.325 e. The van der Waals surface area contributed by atoms with Crippen LogP contribution in [0.5, 0.6) is 0 Å². The van der Waals surface area contributed by atoms with E-state index in [-0.39, 0.29) is 17.1 Å². The lowest BCUT2D eigenvalue weighted by atomic mass is 10.1. The maximum absolute atomic E-state index is 13.0. The summed E-state index contributed by atoms with van der Waals surface area (Å²) in [6.07, 6.45) is 0.678. The van der Waals surface area contributed by atoms with Crippen LogP contribution < -0.4 is 10.6 Å². The Balaban J connectivity index is 1.26. The highest BCUT2D eigenvalue weighted by atomic mass is 32.2. The van der Waals surface area contributed by atoms with Gasteiger partial charge in [-0.2, -0.15) is 0 Å². The van der Waals surface area contributed by atoms with Crippen LogP contribution >= 0.6 is 11.8 Å². The van der Waals surface area contributed by atoms with Gasteiger partial charge in [0.1, 0.15) is 0 Å². The predicted octanol–water partition coefficient (Wildman–Crippen LogP) is 7.75. The number of fused-ring (bicyclic) bond motifs is 2. The van der Waals surface area contributed by atoms with E-state index in [2.05, 4.69) is 16.7 Å². The second kappa shape index (κ2) is 10.7. The Hall–Kier alpha value is -4.09. The number of rotatable bonds is 7. The summed E-state index contributed by atoms with van der Waals surface area (Å²) >= 11 is 1.50. The van der Waals surface area contributed by atoms with Crippen molar-refractivity contribution >= 4 is 56.5 Å². The highest BCUT2D eigenvalue weighted by molar-refractivity contribution is 8.00. The van der Waals surface area contributed by atoms with Gasteiger partial charge in [0, 0.05) is 21.8 Å². The number of anilines is 2. The zero-order chi connectivity index (χ0) is 24.9. The van der Waals surface area contributed by atoms with Gasteiger partial charge in [0.2, 0.25) is 5.91 Å². The minimum absolute atomic E-state index is 0.0385. The molecule has 5 heteroatoms. The van der Waals surface area contributed by atoms with E-state index in [0.29, 0.717) is 17.7 Å². The number of amides is 2. The molecule has 0 saturated carbocycles. The van der Waals surface area contributed by atoms with E-state index in [4.69, 9.17) is 0 Å². The predicted molar refractivity (Wildman–Crippen MR) is 151 cm³/mol. The summed E-state index contributed by atoms with van der Waals surface area (Å²) < 4.78 is 0. The third kappa shape index (κ3) is 5.42. The lowest BCUT2D eigenvalue weighted by molar-refractivity contribution is -0.115. The maximum atomic E-state index is 13.0. The number of carbonyl (C=O) groups is 2. The van der Waals surface area contributed by atoms with Crippen LogP contribution in [0, 0.1) is 0 Å². The molecule has 5 aromatic carbocycles. The molecule has 0 saturated heterocycles. The van der Waals surface area contributed by atoms with Gasteiger partial charge in [-0.05, 0) is 70.4 Å². The van der Waals surface area contributed by atoms with E-state index in [1.54, 1.807) is 0 Å². The minimum atomic E-state index is -0.261. The van der Waals surface area contributed by atoms with E-state index in [9.17, 15) is 9.59 Å². The molecule has 0 spiro atoms. The molecule has 5 rings (SSSR count). The van der Waals surface area contributed by atoms with Crippen LogP contribution in [0.2, 0.25) is 0 Å². The fourth-order valence-corrected chi connectivity index (χ4v) is 5.17. The Morgan fingerprint density at radius 2 is 1.31 bits per heavy atom. The molecule has 1 unspecified atom stereocenters. The molecular formula is C31H26N2O2S. The van der Waals surface area contributed by atoms with Crippen LogP contribution in [-0.4, -0.2) is 17.1 Å². The second-order valence-corrected chi connectivity index (χ2v) is 9.89. The Morgan fingerprint density at radius 3 is 2.03 bits per heavy atom. The summed E-state index contributed by atoms with van der Waals surface area (Å²) in [5, 5.41) is 10.1. The first-order valence-electron chi connectivity index (χ1n) is 12.0. The number of nitrogens with one attached hydrogen (secondary N) is 2. The number of thioether (sulfide) groups is 1. The Morgan fingerprint density at radius 1 is 0.667 bits per heavy atom. The second-order valence-electron chi connectivity index (χ2n) is 8.61. The van der Waals surface area contributed by atoms with E-state index in [1.165, 1.54) is 11.8 Å². The van der Waals surface area contributed by atoms with E-state index >= 15 is 0 Å². The maximum Gasteiger partial charge on any atom is 0.255 e. The summed E-state index contributed by atoms with van der Waals surface area (Å²) in [5.74, 6) is -0.202. The van der Waals surface area contributed by atoms with Crippen molar-refractivity contribution in [3.63, 3.8) is 0 Å². The van der Waals surface area contributed by atoms with Crippen LogP contribution in [-0.2, 0) is 4.79 Å². The smallest absolute Gasteiger partial charge is 0.255 e. The van der Waals surface area contributed by atoms with Crippen LogP contribution in [0.15, 0.2) is 114 Å². The fraction of sp³-hybridized carbons (Fsp3) is 0.0968. The Bertz CT molecular complexity index is 1560. The fourth-order valence-electron chi connectivity index (χ4n) is 4.16. The lowest BCUT2D eigenvalue weighted by Crippen LogP contribution is -2.24. The lowest BCUT2D eigenvalue weighted by Gasteiger charge is -2.16. The van der Waals surface area contributed by atoms with Crippen LogP contribution in [0.1, 0.15) is 23.7 Å². The summed E-state index contributed by atoms with van der Waals surface area (Å²) in [5.41, 5.74) is 2.09. The topological polar surface area (TPSA) is 58.2 Å². The van der Waals surface area contributed by atoms with Crippen molar-refractivity contribution < 1.29 is 9.59 Å². The molecule has 0 heterocycles. The van der Waals surface area contributed by atoms with Gasteiger partial charge in [-0.25, -0.2) is 0 Å². The highest BCUT2D eigenvalue weighted by Gasteiger charge is 2.19. The quantitative estimate of drug-likeness (QED) is 0.229. The summed E-state index contributed by atoms with van der Waals surface area (Å²) in [4.78, 5) is 26.8. The third-order valence-electron chi connectivity index (χ3n) is 6.06. The van der Waals surface area contributed by atoms with Crippen molar-refractivity contribution in [1.82, 2.24) is 0 Å². The number of hydrogen-bond acceptors (Lipinski definition) is 3. The van der Waals surface area contributed by atoms with E-state index < -0.39 is 0 Å². The SMILES string of the molecule is CCC(Sc1cccc(NC(=O)c2ccc3ccccc3c2)c1)C(=O)Nc1ccc2ccccc2c1. The monoisotopic (exact) mass is 490 g/mol. The van der Waals surface area contributed by atoms with Crippen molar-refractivity contribution in [2.45, 2.75) is 23.5 Å². The van der Waals surface area contributed by atoms with Crippen molar-refractivity contribution in [2.24, 2.45) is 0 Å². The first kappa shape index (κ1) is 23.6. The van der Waals surface area contributed by atoms with Crippen LogP contribution in [0.25, 0.3) is 21.5 Å². The average Bonchev–Trinajstić information content (AvgIpc) is 2.91. The molecule has 36 heavy (non-hydrogen) atoms. The third-order valence-corrected chi connectivity index (χ3v) is 7.42. The summed E-state index contributed by atoms with van der Waals surface area (Å²) in [6, 6.07) is 35.3. The Kier molecular flexibility index (Phi) is 7.01. The van der Waals surface area contributed by atoms with Crippen molar-refractivity contribution in [3.05, 3.63) is 115 Å². The van der Waals surface area contributed by atoms with Gasteiger partial charge < -0.3 is 10.6 Å². The van der Waals surface area contributed by atoms with E-state index in [1.807, 2.05) is 110 Å². The molecule has 4 nitrogen and oxygen atoms in total. The zero-order valence-electron chi connectivity index (χ0n) is 19.9. The number of carbonyl (C=O) groups excluding carboxylic acids is 2. The van der Waals surface area contributed by atoms with Crippen molar-refractivity contribution in [1.29, 1.82) is 0 Å². The van der Waals surface area contributed by atoms with Gasteiger partial charge in [-0.15, -0.1) is 11.8 Å². The van der Waals surface area contributed by atoms with E-state index in [0.717, 1.165) is 32.1 Å². The molecule has 0 bridgehead atoms. The average molecular weight is 491 g/mol. The first-order valence-corrected chi connectivity index (χ1v) is 12.8. The van der Waals surface area contributed by atoms with Gasteiger partial charge >= 0.3 is 0 Å². The molecule has 0 aliphatic carbocycles. The molecule has 0 radical (unpaired) electrons. The molecule has 0 aliphatic heterocycles. The van der Waals surface area contributed by atoms with Gasteiger partial charge in [-0.1, -0.05) is 73.7 Å². The molecule has 178 valence electrons. The van der Waals surface area contributed by atoms with Crippen molar-refractivity contribution in [2.75, 3.05) is 10.6 Å². The first-order chi connectivity index (χ1) is 17.6. The number of benzene rings is 5. The van der Waals surface area contributed by atoms with Crippen LogP contribution in [0.4, 0.5) is 11.4 Å². The summed E-state index contributed by atoms with van der Waals surface area (Å²) in [6.45, 7) is 2.00. The molecule has 0 aliphatic rings. The van der Waals surface area contributed by atoms with Gasteiger partial charge in [0.25, 0.3) is 5.91 Å². The zero-order valence-corrected chi connectivity index (χ0v) is 20.7. The molecule has 2 amide bonds. The molecule has 5 aromatic rings. The standard InChI is InChI=1S/C31H26N2O2S/c1-2-29(31(35)33-27-17-16-22-9-4-6-11-24(22)19-27)36-28-13-7-12-26(20-28)32-30(34)25-15-14-21-8-3-5-10-23(21)18-25/h3-20,29H,2H2,1H3,(H,32,34)(H,33,35). The molecule has 0 fully saturated rings. The van der Waals surface area contributed by atoms with Gasteiger partial charge in [0.15, 0.2) is 0 Å². The van der Waals surface area contributed by atoms with Crippen LogP contribution in [0.3, 0.4) is 0 Å². The highest BCUT2D eigenvalue weighted by Crippen LogP contribution is 2.29. The molecule has 0 aromatic heterocycles. The molecule has 2 N–H and O–H groups in total. The molecular weight excluding hydrogens is 464 g/mol.